The molecular formula is C23H38N6O5. The third-order valence-electron chi connectivity index (χ3n) is 5.50. The van der Waals surface area contributed by atoms with Gasteiger partial charge in [0.1, 0.15) is 17.3 Å². The van der Waals surface area contributed by atoms with Crippen molar-refractivity contribution in [3.8, 4) is 5.75 Å². The molecule has 2 atom stereocenters. The Morgan fingerprint density at radius 3 is 2.21 bits per heavy atom. The molecule has 1 unspecified atom stereocenters. The second kappa shape index (κ2) is 13.5. The predicted molar refractivity (Wildman–Crippen MR) is 129 cm³/mol. The van der Waals surface area contributed by atoms with Crippen molar-refractivity contribution in [3.63, 3.8) is 0 Å². The number of carbonyl (C=O) groups excluding carboxylic acids is 4. The molecule has 0 saturated heterocycles. The van der Waals surface area contributed by atoms with E-state index in [-0.39, 0.29) is 38.1 Å². The van der Waals surface area contributed by atoms with Crippen LogP contribution in [0.3, 0.4) is 0 Å². The molecule has 11 nitrogen and oxygen atoms in total. The van der Waals surface area contributed by atoms with Gasteiger partial charge in [-0.1, -0.05) is 0 Å². The Kier molecular flexibility index (Phi) is 11.5. The third kappa shape index (κ3) is 8.99. The smallest absolute Gasteiger partial charge is 0.246 e. The summed E-state index contributed by atoms with van der Waals surface area (Å²) < 4.78 is 0. The molecule has 1 aromatic rings. The van der Waals surface area contributed by atoms with Gasteiger partial charge in [-0.15, -0.1) is 0 Å². The Labute approximate surface area is 200 Å². The Morgan fingerprint density at radius 1 is 1.06 bits per heavy atom. The molecule has 0 aromatic heterocycles. The van der Waals surface area contributed by atoms with Crippen LogP contribution < -0.4 is 33.2 Å². The van der Waals surface area contributed by atoms with Gasteiger partial charge in [0.25, 0.3) is 0 Å². The van der Waals surface area contributed by atoms with Crippen LogP contribution in [0.15, 0.2) is 12.1 Å². The van der Waals surface area contributed by atoms with Gasteiger partial charge in [-0.2, -0.15) is 0 Å². The van der Waals surface area contributed by atoms with Gasteiger partial charge in [0.05, 0.1) is 6.54 Å². The fraction of sp³-hybridized carbons (Fsp3) is 0.565. The molecule has 0 saturated carbocycles. The van der Waals surface area contributed by atoms with E-state index in [2.05, 4.69) is 16.0 Å². The van der Waals surface area contributed by atoms with Crippen molar-refractivity contribution in [2.24, 2.45) is 17.2 Å². The van der Waals surface area contributed by atoms with Gasteiger partial charge in [0, 0.05) is 19.4 Å². The summed E-state index contributed by atoms with van der Waals surface area (Å²) in [6.45, 7) is 5.34. The van der Waals surface area contributed by atoms with Crippen molar-refractivity contribution in [2.75, 3.05) is 19.6 Å². The molecule has 1 rings (SSSR count). The number of nitrogens with two attached hydrogens (primary N) is 3. The minimum atomic E-state index is -1.42. The van der Waals surface area contributed by atoms with Gasteiger partial charge in [-0.05, 0) is 75.4 Å². The van der Waals surface area contributed by atoms with Gasteiger partial charge in [-0.3, -0.25) is 19.2 Å². The van der Waals surface area contributed by atoms with Crippen molar-refractivity contribution in [3.05, 3.63) is 28.8 Å². The SMILES string of the molecule is Cc1cc(O)cc(C)c1CC(C)(NC(=O)CCN)C(=O)N[C@@H](CCCCN)C(=O)NCC(N)=O. The van der Waals surface area contributed by atoms with Crippen LogP contribution in [0.5, 0.6) is 5.75 Å². The van der Waals surface area contributed by atoms with Crippen LogP contribution in [0.2, 0.25) is 0 Å². The zero-order chi connectivity index (χ0) is 25.9. The molecule has 1 aromatic carbocycles. The number of rotatable bonds is 14. The number of nitrogens with one attached hydrogen (secondary N) is 3. The maximum Gasteiger partial charge on any atom is 0.246 e. The Morgan fingerprint density at radius 2 is 1.68 bits per heavy atom. The van der Waals surface area contributed by atoms with Crippen LogP contribution in [0.1, 0.15) is 49.3 Å². The molecule has 34 heavy (non-hydrogen) atoms. The molecule has 0 aliphatic heterocycles. The van der Waals surface area contributed by atoms with E-state index in [1.54, 1.807) is 32.9 Å². The van der Waals surface area contributed by atoms with E-state index in [1.807, 2.05) is 0 Å². The molecule has 11 heteroatoms. The maximum atomic E-state index is 13.5. The summed E-state index contributed by atoms with van der Waals surface area (Å²) in [6, 6.07) is 2.20. The second-order valence-corrected chi connectivity index (χ2v) is 8.65. The number of phenolic OH excluding ortho intramolecular Hbond substituents is 1. The molecule has 0 heterocycles. The fourth-order valence-electron chi connectivity index (χ4n) is 3.66. The van der Waals surface area contributed by atoms with E-state index in [1.165, 1.54) is 0 Å². The summed E-state index contributed by atoms with van der Waals surface area (Å²) in [6.07, 6.45) is 1.64. The standard InChI is InChI=1S/C23H38N6O5/c1-14-10-16(30)11-15(2)17(14)12-23(3,29-20(32)7-9-25)22(34)28-18(6-4-5-8-24)21(33)27-13-19(26)31/h10-11,18,30H,4-9,12-13,24-25H2,1-3H3,(H2,26,31)(H,27,33)(H,28,34)(H,29,32)/t18-,23?/m0/s1. The fourth-order valence-corrected chi connectivity index (χ4v) is 3.66. The van der Waals surface area contributed by atoms with E-state index < -0.39 is 35.2 Å². The predicted octanol–water partition coefficient (Wildman–Crippen LogP) is -1.01. The minimum absolute atomic E-state index is 0.0233. The van der Waals surface area contributed by atoms with Gasteiger partial charge in [0.15, 0.2) is 0 Å². The summed E-state index contributed by atoms with van der Waals surface area (Å²) in [5, 5.41) is 17.7. The molecule has 190 valence electrons. The summed E-state index contributed by atoms with van der Waals surface area (Å²) in [7, 11) is 0. The first-order valence-corrected chi connectivity index (χ1v) is 11.3. The van der Waals surface area contributed by atoms with Gasteiger partial charge < -0.3 is 38.3 Å². The van der Waals surface area contributed by atoms with Crippen LogP contribution in [0, 0.1) is 13.8 Å². The number of hydrogen-bond acceptors (Lipinski definition) is 7. The highest BCUT2D eigenvalue weighted by atomic mass is 16.3. The van der Waals surface area contributed by atoms with Gasteiger partial charge in [0.2, 0.25) is 23.6 Å². The number of unbranched alkanes of at least 4 members (excludes halogenated alkanes) is 1. The summed E-state index contributed by atoms with van der Waals surface area (Å²) in [5.41, 5.74) is 17.0. The average Bonchev–Trinajstić information content (AvgIpc) is 2.74. The third-order valence-corrected chi connectivity index (χ3v) is 5.50. The first kappa shape index (κ1) is 28.9. The Balaban J connectivity index is 3.24. The number of aryl methyl sites for hydroxylation is 2. The quantitative estimate of drug-likeness (QED) is 0.166. The number of phenols is 1. The lowest BCUT2D eigenvalue weighted by molar-refractivity contribution is -0.135. The number of primary amides is 1. The first-order chi connectivity index (χ1) is 15.9. The zero-order valence-corrected chi connectivity index (χ0v) is 20.2. The molecule has 0 radical (unpaired) electrons. The molecular weight excluding hydrogens is 440 g/mol. The van der Waals surface area contributed by atoms with E-state index in [4.69, 9.17) is 17.2 Å². The van der Waals surface area contributed by atoms with E-state index in [9.17, 15) is 24.3 Å². The van der Waals surface area contributed by atoms with Crippen LogP contribution >= 0.6 is 0 Å². The Bertz CT molecular complexity index is 868. The van der Waals surface area contributed by atoms with Gasteiger partial charge in [-0.25, -0.2) is 0 Å². The van der Waals surface area contributed by atoms with Crippen molar-refractivity contribution < 1.29 is 24.3 Å². The first-order valence-electron chi connectivity index (χ1n) is 11.3. The number of benzene rings is 1. The lowest BCUT2D eigenvalue weighted by Gasteiger charge is -2.33. The minimum Gasteiger partial charge on any atom is -0.508 e. The molecule has 4 amide bonds. The summed E-state index contributed by atoms with van der Waals surface area (Å²) in [5.74, 6) is -2.15. The second-order valence-electron chi connectivity index (χ2n) is 8.65. The van der Waals surface area contributed by atoms with Gasteiger partial charge >= 0.3 is 0 Å². The average molecular weight is 479 g/mol. The number of amides is 4. The van der Waals surface area contributed by atoms with E-state index in [0.717, 1.165) is 16.7 Å². The highest BCUT2D eigenvalue weighted by Crippen LogP contribution is 2.25. The Hall–Kier alpha value is -3.18. The molecule has 0 aliphatic carbocycles. The van der Waals surface area contributed by atoms with Crippen LogP contribution in [-0.4, -0.2) is 60.0 Å². The van der Waals surface area contributed by atoms with Crippen LogP contribution in [-0.2, 0) is 25.6 Å². The molecule has 0 spiro atoms. The highest BCUT2D eigenvalue weighted by Gasteiger charge is 2.38. The normalized spacial score (nSPS) is 13.4. The monoisotopic (exact) mass is 478 g/mol. The summed E-state index contributed by atoms with van der Waals surface area (Å²) >= 11 is 0. The molecule has 10 N–H and O–H groups in total. The van der Waals surface area contributed by atoms with Crippen LogP contribution in [0.4, 0.5) is 0 Å². The maximum absolute atomic E-state index is 13.5. The topological polar surface area (TPSA) is 203 Å². The molecule has 0 fully saturated rings. The van der Waals surface area contributed by atoms with Crippen LogP contribution in [0.25, 0.3) is 0 Å². The highest BCUT2D eigenvalue weighted by molar-refractivity contribution is 5.95. The van der Waals surface area contributed by atoms with Crippen molar-refractivity contribution in [1.29, 1.82) is 0 Å². The largest absolute Gasteiger partial charge is 0.508 e. The molecule has 0 bridgehead atoms. The lowest BCUT2D eigenvalue weighted by atomic mass is 9.86. The van der Waals surface area contributed by atoms with E-state index in [0.29, 0.717) is 19.4 Å². The lowest BCUT2D eigenvalue weighted by Crippen LogP contribution is -2.61. The van der Waals surface area contributed by atoms with Crippen molar-refractivity contribution >= 4 is 23.6 Å². The number of hydrogen-bond donors (Lipinski definition) is 7. The number of carbonyl (C=O) groups is 4. The molecule has 0 aliphatic rings. The van der Waals surface area contributed by atoms with Crippen molar-refractivity contribution in [2.45, 2.75) is 64.5 Å². The number of aromatic hydroxyl groups is 1. The zero-order valence-electron chi connectivity index (χ0n) is 20.2. The van der Waals surface area contributed by atoms with E-state index >= 15 is 0 Å². The van der Waals surface area contributed by atoms with Crippen molar-refractivity contribution in [1.82, 2.24) is 16.0 Å². The summed E-state index contributed by atoms with van der Waals surface area (Å²) in [4.78, 5) is 49.6.